The fraction of sp³-hybridized carbons (Fsp3) is 0.0385. The van der Waals surface area contributed by atoms with E-state index < -0.39 is 0 Å². The predicted octanol–water partition coefficient (Wildman–Crippen LogP) is 6.20. The van der Waals surface area contributed by atoms with Crippen LogP contribution in [-0.2, 0) is 6.42 Å². The number of hydrogen-bond donors (Lipinski definition) is 1. The van der Waals surface area contributed by atoms with Gasteiger partial charge in [-0.15, -0.1) is 11.3 Å². The lowest BCUT2D eigenvalue weighted by Gasteiger charge is -2.09. The van der Waals surface area contributed by atoms with Gasteiger partial charge in [0.15, 0.2) is 5.13 Å². The molecule has 0 fully saturated rings. The number of para-hydroxylation sites is 1. The summed E-state index contributed by atoms with van der Waals surface area (Å²) in [7, 11) is 0. The number of carbonyl (C=O) groups is 1. The number of nitrogens with one attached hydrogen (secondary N) is 1. The third-order valence-corrected chi connectivity index (χ3v) is 5.94. The van der Waals surface area contributed by atoms with Crippen LogP contribution in [0.25, 0.3) is 22.2 Å². The summed E-state index contributed by atoms with van der Waals surface area (Å²) < 4.78 is 0. The number of carbonyl (C=O) groups excluding carboxylic acids is 1. The molecule has 0 atom stereocenters. The quantitative estimate of drug-likeness (QED) is 0.367. The number of amides is 1. The maximum Gasteiger partial charge on any atom is 0.258 e. The van der Waals surface area contributed by atoms with Crippen molar-refractivity contribution in [3.8, 4) is 11.3 Å². The van der Waals surface area contributed by atoms with E-state index in [0.29, 0.717) is 10.7 Å². The zero-order valence-electron chi connectivity index (χ0n) is 16.7. The van der Waals surface area contributed by atoms with Crippen LogP contribution >= 0.6 is 11.3 Å². The van der Waals surface area contributed by atoms with E-state index in [0.717, 1.165) is 33.5 Å². The fourth-order valence-electron chi connectivity index (χ4n) is 3.53. The summed E-state index contributed by atoms with van der Waals surface area (Å²) in [6.45, 7) is 0. The second kappa shape index (κ2) is 8.50. The Balaban J connectivity index is 1.45. The second-order valence-electron chi connectivity index (χ2n) is 7.19. The van der Waals surface area contributed by atoms with E-state index in [-0.39, 0.29) is 5.91 Å². The first-order valence-electron chi connectivity index (χ1n) is 10.0. The summed E-state index contributed by atoms with van der Waals surface area (Å²) in [5.41, 5.74) is 4.34. The number of benzene rings is 3. The van der Waals surface area contributed by atoms with Crippen LogP contribution in [0.2, 0.25) is 0 Å². The average molecular weight is 422 g/mol. The van der Waals surface area contributed by atoms with Crippen molar-refractivity contribution in [2.45, 2.75) is 6.42 Å². The highest BCUT2D eigenvalue weighted by Gasteiger charge is 2.15. The molecule has 150 valence electrons. The van der Waals surface area contributed by atoms with Gasteiger partial charge in [0.2, 0.25) is 0 Å². The van der Waals surface area contributed by atoms with Gasteiger partial charge in [0.25, 0.3) is 5.91 Å². The first-order chi connectivity index (χ1) is 15.3. The van der Waals surface area contributed by atoms with Gasteiger partial charge in [-0.05, 0) is 17.7 Å². The predicted molar refractivity (Wildman–Crippen MR) is 126 cm³/mol. The van der Waals surface area contributed by atoms with Crippen molar-refractivity contribution >= 4 is 33.3 Å². The van der Waals surface area contributed by atoms with Crippen LogP contribution in [0, 0.1) is 0 Å². The Morgan fingerprint density at radius 2 is 1.58 bits per heavy atom. The van der Waals surface area contributed by atoms with Gasteiger partial charge < -0.3 is 0 Å². The molecule has 0 aliphatic carbocycles. The van der Waals surface area contributed by atoms with Gasteiger partial charge in [0.05, 0.1) is 16.8 Å². The minimum Gasteiger partial charge on any atom is -0.298 e. The van der Waals surface area contributed by atoms with Gasteiger partial charge in [-0.1, -0.05) is 78.9 Å². The van der Waals surface area contributed by atoms with Crippen molar-refractivity contribution in [3.63, 3.8) is 0 Å². The summed E-state index contributed by atoms with van der Waals surface area (Å²) in [6.07, 6.45) is 2.62. The molecule has 4 nitrogen and oxygen atoms in total. The molecule has 1 amide bonds. The lowest BCUT2D eigenvalue weighted by molar-refractivity contribution is 0.102. The lowest BCUT2D eigenvalue weighted by atomic mass is 10.0. The number of pyridine rings is 1. The van der Waals surface area contributed by atoms with Crippen LogP contribution < -0.4 is 5.32 Å². The van der Waals surface area contributed by atoms with Crippen molar-refractivity contribution in [1.82, 2.24) is 9.97 Å². The third-order valence-electron chi connectivity index (χ3n) is 5.03. The molecule has 0 bridgehead atoms. The number of anilines is 1. The summed E-state index contributed by atoms with van der Waals surface area (Å²) in [5.74, 6) is -0.184. The summed E-state index contributed by atoms with van der Waals surface area (Å²) in [6, 6.07) is 29.7. The highest BCUT2D eigenvalue weighted by molar-refractivity contribution is 7.15. The van der Waals surface area contributed by atoms with Gasteiger partial charge in [-0.3, -0.25) is 10.1 Å². The Hall–Kier alpha value is -3.83. The Morgan fingerprint density at radius 1 is 0.871 bits per heavy atom. The first kappa shape index (κ1) is 19.2. The third kappa shape index (κ3) is 4.22. The van der Waals surface area contributed by atoms with E-state index in [9.17, 15) is 4.79 Å². The number of nitrogens with zero attached hydrogens (tertiary/aromatic N) is 2. The van der Waals surface area contributed by atoms with E-state index in [1.165, 1.54) is 16.9 Å². The van der Waals surface area contributed by atoms with Gasteiger partial charge in [0, 0.05) is 28.4 Å². The molecule has 0 aliphatic rings. The summed E-state index contributed by atoms with van der Waals surface area (Å²) >= 11 is 1.50. The van der Waals surface area contributed by atoms with Gasteiger partial charge in [-0.2, -0.15) is 0 Å². The van der Waals surface area contributed by atoms with Crippen molar-refractivity contribution in [2.75, 3.05) is 5.32 Å². The molecule has 0 aliphatic heterocycles. The molecule has 1 N–H and O–H groups in total. The molecule has 0 unspecified atom stereocenters. The molecule has 0 radical (unpaired) electrons. The van der Waals surface area contributed by atoms with Crippen molar-refractivity contribution in [2.24, 2.45) is 0 Å². The molecule has 31 heavy (non-hydrogen) atoms. The van der Waals surface area contributed by atoms with Crippen LogP contribution in [0.3, 0.4) is 0 Å². The first-order valence-corrected chi connectivity index (χ1v) is 10.8. The lowest BCUT2D eigenvalue weighted by Crippen LogP contribution is -2.12. The minimum atomic E-state index is -0.184. The molecule has 5 aromatic rings. The molecular formula is C26H19N3OS. The minimum absolute atomic E-state index is 0.184. The van der Waals surface area contributed by atoms with Crippen molar-refractivity contribution < 1.29 is 4.79 Å². The van der Waals surface area contributed by atoms with Crippen LogP contribution in [0.5, 0.6) is 0 Å². The fourth-order valence-corrected chi connectivity index (χ4v) is 4.37. The number of hydrogen-bond acceptors (Lipinski definition) is 4. The normalized spacial score (nSPS) is 10.8. The molecule has 0 saturated carbocycles. The number of rotatable bonds is 5. The topological polar surface area (TPSA) is 54.9 Å². The van der Waals surface area contributed by atoms with Crippen molar-refractivity contribution in [1.29, 1.82) is 0 Å². The highest BCUT2D eigenvalue weighted by atomic mass is 32.1. The van der Waals surface area contributed by atoms with Crippen LogP contribution in [-0.4, -0.2) is 15.9 Å². The van der Waals surface area contributed by atoms with Crippen LogP contribution in [0.15, 0.2) is 97.2 Å². The molecule has 2 aromatic heterocycles. The number of fused-ring (bicyclic) bond motifs is 1. The summed E-state index contributed by atoms with van der Waals surface area (Å²) in [5, 5.41) is 4.39. The van der Waals surface area contributed by atoms with E-state index in [2.05, 4.69) is 22.4 Å². The Bertz CT molecular complexity index is 1350. The molecule has 5 heteroatoms. The van der Waals surface area contributed by atoms with Gasteiger partial charge in [0.1, 0.15) is 0 Å². The monoisotopic (exact) mass is 421 g/mol. The largest absolute Gasteiger partial charge is 0.298 e. The Labute approximate surface area is 184 Å². The number of thiazole rings is 1. The maximum absolute atomic E-state index is 13.2. The van der Waals surface area contributed by atoms with Crippen LogP contribution in [0.4, 0.5) is 5.13 Å². The molecule has 5 rings (SSSR count). The molecule has 0 saturated heterocycles. The van der Waals surface area contributed by atoms with E-state index in [1.54, 1.807) is 0 Å². The number of aromatic nitrogens is 2. The van der Waals surface area contributed by atoms with Crippen molar-refractivity contribution in [3.05, 3.63) is 113 Å². The Kier molecular flexibility index (Phi) is 5.25. The SMILES string of the molecule is O=C(Nc1ncc(Cc2ccccc2)s1)c1cc(-c2ccccc2)nc2ccccc12. The molecular weight excluding hydrogens is 402 g/mol. The van der Waals surface area contributed by atoms with E-state index >= 15 is 0 Å². The van der Waals surface area contributed by atoms with Crippen LogP contribution in [0.1, 0.15) is 20.8 Å². The standard InChI is InChI=1S/C26H19N3OS/c30-25(29-26-27-17-20(31-26)15-18-9-3-1-4-10-18)22-16-24(19-11-5-2-6-12-19)28-23-14-8-7-13-21(22)23/h1-14,16-17H,15H2,(H,27,29,30). The molecule has 2 heterocycles. The smallest absolute Gasteiger partial charge is 0.258 e. The second-order valence-corrected chi connectivity index (χ2v) is 8.30. The molecule has 3 aromatic carbocycles. The Morgan fingerprint density at radius 3 is 2.39 bits per heavy atom. The van der Waals surface area contributed by atoms with Gasteiger partial charge >= 0.3 is 0 Å². The zero-order valence-corrected chi connectivity index (χ0v) is 17.5. The maximum atomic E-state index is 13.2. The zero-order chi connectivity index (χ0) is 21.0. The average Bonchev–Trinajstić information content (AvgIpc) is 3.26. The molecule has 0 spiro atoms. The highest BCUT2D eigenvalue weighted by Crippen LogP contribution is 2.27. The van der Waals surface area contributed by atoms with E-state index in [1.807, 2.05) is 85.1 Å². The summed E-state index contributed by atoms with van der Waals surface area (Å²) in [4.78, 5) is 23.5. The van der Waals surface area contributed by atoms with E-state index in [4.69, 9.17) is 4.98 Å². The van der Waals surface area contributed by atoms with Gasteiger partial charge in [-0.25, -0.2) is 9.97 Å².